The number of nitrogens with one attached hydrogen (secondary N) is 1. The molecule has 0 aromatic carbocycles. The van der Waals surface area contributed by atoms with E-state index in [1.807, 2.05) is 13.8 Å². The van der Waals surface area contributed by atoms with E-state index in [1.165, 1.54) is 10.6 Å². The molecule has 0 radical (unpaired) electrons. The SMILES string of the molecule is CCC(C)NC(=O)c1cnc2ccccn2c1=O. The first-order chi connectivity index (χ1) is 8.63. The molecule has 0 fully saturated rings. The molecular weight excluding hydrogens is 230 g/mol. The van der Waals surface area contributed by atoms with Gasteiger partial charge in [-0.1, -0.05) is 13.0 Å². The zero-order chi connectivity index (χ0) is 13.1. The number of hydrogen-bond donors (Lipinski definition) is 1. The van der Waals surface area contributed by atoms with Crippen molar-refractivity contribution in [2.45, 2.75) is 26.3 Å². The van der Waals surface area contributed by atoms with Gasteiger partial charge in [0.05, 0.1) is 0 Å². The van der Waals surface area contributed by atoms with Crippen LogP contribution in [-0.4, -0.2) is 21.3 Å². The highest BCUT2D eigenvalue weighted by Crippen LogP contribution is 1.98. The Kier molecular flexibility index (Phi) is 3.41. The van der Waals surface area contributed by atoms with E-state index in [-0.39, 0.29) is 23.1 Å². The molecule has 0 saturated heterocycles. The van der Waals surface area contributed by atoms with Crippen molar-refractivity contribution in [3.8, 4) is 0 Å². The Hall–Kier alpha value is -2.17. The molecule has 2 aromatic rings. The zero-order valence-corrected chi connectivity index (χ0v) is 10.4. The normalized spacial score (nSPS) is 12.3. The van der Waals surface area contributed by atoms with E-state index < -0.39 is 0 Å². The summed E-state index contributed by atoms with van der Waals surface area (Å²) in [5, 5.41) is 2.76. The van der Waals surface area contributed by atoms with Crippen LogP contribution in [0.3, 0.4) is 0 Å². The van der Waals surface area contributed by atoms with Gasteiger partial charge < -0.3 is 5.32 Å². The molecule has 0 aliphatic carbocycles. The van der Waals surface area contributed by atoms with Gasteiger partial charge in [-0.05, 0) is 25.5 Å². The fourth-order valence-electron chi connectivity index (χ4n) is 1.59. The van der Waals surface area contributed by atoms with Gasteiger partial charge in [0, 0.05) is 18.4 Å². The maximum absolute atomic E-state index is 12.1. The Morgan fingerprint density at radius 1 is 1.50 bits per heavy atom. The lowest BCUT2D eigenvalue weighted by Crippen LogP contribution is -2.36. The van der Waals surface area contributed by atoms with E-state index in [9.17, 15) is 9.59 Å². The molecule has 0 aliphatic rings. The van der Waals surface area contributed by atoms with E-state index in [1.54, 1.807) is 24.4 Å². The molecule has 1 N–H and O–H groups in total. The Bertz CT molecular complexity index is 633. The summed E-state index contributed by atoms with van der Waals surface area (Å²) in [7, 11) is 0. The van der Waals surface area contributed by atoms with E-state index >= 15 is 0 Å². The highest BCUT2D eigenvalue weighted by molar-refractivity contribution is 5.93. The van der Waals surface area contributed by atoms with Crippen molar-refractivity contribution in [2.75, 3.05) is 0 Å². The van der Waals surface area contributed by atoms with Crippen LogP contribution >= 0.6 is 0 Å². The number of pyridine rings is 1. The van der Waals surface area contributed by atoms with Gasteiger partial charge >= 0.3 is 0 Å². The lowest BCUT2D eigenvalue weighted by atomic mass is 10.2. The lowest BCUT2D eigenvalue weighted by Gasteiger charge is -2.11. The molecule has 2 aromatic heterocycles. The number of carbonyl (C=O) groups excluding carboxylic acids is 1. The predicted octanol–water partition coefficient (Wildman–Crippen LogP) is 1.22. The van der Waals surface area contributed by atoms with E-state index in [2.05, 4.69) is 10.3 Å². The van der Waals surface area contributed by atoms with Gasteiger partial charge in [0.1, 0.15) is 11.2 Å². The van der Waals surface area contributed by atoms with Gasteiger partial charge in [-0.25, -0.2) is 4.98 Å². The number of fused-ring (bicyclic) bond motifs is 1. The number of nitrogens with zero attached hydrogens (tertiary/aromatic N) is 2. The maximum Gasteiger partial charge on any atom is 0.270 e. The zero-order valence-electron chi connectivity index (χ0n) is 10.4. The summed E-state index contributed by atoms with van der Waals surface area (Å²) < 4.78 is 1.37. The molecule has 0 aliphatic heterocycles. The summed E-state index contributed by atoms with van der Waals surface area (Å²) in [5.74, 6) is -0.375. The Balaban J connectivity index is 2.43. The standard InChI is InChI=1S/C13H15N3O2/c1-3-9(2)15-12(17)10-8-14-11-6-4-5-7-16(11)13(10)18/h4-9H,3H2,1-2H3,(H,15,17). The number of amides is 1. The van der Waals surface area contributed by atoms with Crippen LogP contribution in [0.25, 0.3) is 5.65 Å². The summed E-state index contributed by atoms with van der Waals surface area (Å²) in [6, 6.07) is 5.28. The monoisotopic (exact) mass is 245 g/mol. The fourth-order valence-corrected chi connectivity index (χ4v) is 1.59. The third-order valence-electron chi connectivity index (χ3n) is 2.85. The van der Waals surface area contributed by atoms with Crippen LogP contribution in [0.15, 0.2) is 35.4 Å². The topological polar surface area (TPSA) is 63.5 Å². The molecule has 2 rings (SSSR count). The number of hydrogen-bond acceptors (Lipinski definition) is 3. The van der Waals surface area contributed by atoms with Crippen LogP contribution in [-0.2, 0) is 0 Å². The molecule has 0 spiro atoms. The molecular formula is C13H15N3O2. The molecule has 0 bridgehead atoms. The molecule has 5 heteroatoms. The first-order valence-corrected chi connectivity index (χ1v) is 5.90. The first kappa shape index (κ1) is 12.3. The molecule has 18 heavy (non-hydrogen) atoms. The Morgan fingerprint density at radius 3 is 3.00 bits per heavy atom. The molecule has 94 valence electrons. The van der Waals surface area contributed by atoms with Crippen LogP contribution in [0.1, 0.15) is 30.6 Å². The summed E-state index contributed by atoms with van der Waals surface area (Å²) in [4.78, 5) is 28.1. The van der Waals surface area contributed by atoms with Crippen molar-refractivity contribution in [1.82, 2.24) is 14.7 Å². The largest absolute Gasteiger partial charge is 0.349 e. The molecule has 1 unspecified atom stereocenters. The summed E-state index contributed by atoms with van der Waals surface area (Å²) in [5.41, 5.74) is 0.253. The molecule has 1 amide bonds. The van der Waals surface area contributed by atoms with Crippen LogP contribution in [0.5, 0.6) is 0 Å². The summed E-state index contributed by atoms with van der Waals surface area (Å²) in [6.07, 6.45) is 3.74. The summed E-state index contributed by atoms with van der Waals surface area (Å²) >= 11 is 0. The second-order valence-corrected chi connectivity index (χ2v) is 4.19. The smallest absolute Gasteiger partial charge is 0.270 e. The van der Waals surface area contributed by atoms with Crippen molar-refractivity contribution in [2.24, 2.45) is 0 Å². The predicted molar refractivity (Wildman–Crippen MR) is 68.7 cm³/mol. The highest BCUT2D eigenvalue weighted by atomic mass is 16.2. The molecule has 2 heterocycles. The van der Waals surface area contributed by atoms with Gasteiger partial charge in [0.25, 0.3) is 11.5 Å². The van der Waals surface area contributed by atoms with Crippen molar-refractivity contribution >= 4 is 11.6 Å². The summed E-state index contributed by atoms with van der Waals surface area (Å²) in [6.45, 7) is 3.86. The van der Waals surface area contributed by atoms with Crippen molar-refractivity contribution in [1.29, 1.82) is 0 Å². The fraction of sp³-hybridized carbons (Fsp3) is 0.308. The number of rotatable bonds is 3. The van der Waals surface area contributed by atoms with Crippen LogP contribution in [0.2, 0.25) is 0 Å². The average molecular weight is 245 g/mol. The maximum atomic E-state index is 12.1. The van der Waals surface area contributed by atoms with Crippen LogP contribution in [0.4, 0.5) is 0 Å². The number of carbonyl (C=O) groups is 1. The van der Waals surface area contributed by atoms with Gasteiger partial charge in [-0.15, -0.1) is 0 Å². The van der Waals surface area contributed by atoms with Crippen molar-refractivity contribution in [3.63, 3.8) is 0 Å². The average Bonchev–Trinajstić information content (AvgIpc) is 2.39. The quantitative estimate of drug-likeness (QED) is 0.884. The van der Waals surface area contributed by atoms with E-state index in [4.69, 9.17) is 0 Å². The Labute approximate surface area is 104 Å². The van der Waals surface area contributed by atoms with Crippen LogP contribution < -0.4 is 10.9 Å². The third-order valence-corrected chi connectivity index (χ3v) is 2.85. The van der Waals surface area contributed by atoms with E-state index in [0.717, 1.165) is 6.42 Å². The van der Waals surface area contributed by atoms with Gasteiger partial charge in [0.2, 0.25) is 0 Å². The minimum Gasteiger partial charge on any atom is -0.349 e. The molecule has 0 saturated carbocycles. The van der Waals surface area contributed by atoms with Crippen molar-refractivity contribution in [3.05, 3.63) is 46.5 Å². The van der Waals surface area contributed by atoms with Crippen LogP contribution in [0, 0.1) is 0 Å². The minimum absolute atomic E-state index is 0.0355. The second-order valence-electron chi connectivity index (χ2n) is 4.19. The molecule has 1 atom stereocenters. The van der Waals surface area contributed by atoms with Gasteiger partial charge in [0.15, 0.2) is 0 Å². The van der Waals surface area contributed by atoms with Crippen molar-refractivity contribution < 1.29 is 4.79 Å². The Morgan fingerprint density at radius 2 is 2.28 bits per heavy atom. The lowest BCUT2D eigenvalue weighted by molar-refractivity contribution is 0.0937. The van der Waals surface area contributed by atoms with Gasteiger partial charge in [-0.2, -0.15) is 0 Å². The highest BCUT2D eigenvalue weighted by Gasteiger charge is 2.14. The number of aromatic nitrogens is 2. The van der Waals surface area contributed by atoms with E-state index in [0.29, 0.717) is 5.65 Å². The third kappa shape index (κ3) is 2.25. The minimum atomic E-state index is -0.375. The van der Waals surface area contributed by atoms with Gasteiger partial charge in [-0.3, -0.25) is 14.0 Å². The first-order valence-electron chi connectivity index (χ1n) is 5.90. The second kappa shape index (κ2) is 5.00. The molecule has 5 nitrogen and oxygen atoms in total.